The summed E-state index contributed by atoms with van der Waals surface area (Å²) in [6.45, 7) is 2.91. The molecule has 64 valence electrons. The van der Waals surface area contributed by atoms with Gasteiger partial charge in [0, 0.05) is 0 Å². The molecule has 2 atom stereocenters. The van der Waals surface area contributed by atoms with Crippen LogP contribution in [0.25, 0.3) is 0 Å². The van der Waals surface area contributed by atoms with Crippen molar-refractivity contribution in [3.8, 4) is 0 Å². The Labute approximate surface area is 67.7 Å². The van der Waals surface area contributed by atoms with Crippen molar-refractivity contribution in [3.05, 3.63) is 12.7 Å². The number of carbonyl (C=O) groups is 1. The van der Waals surface area contributed by atoms with Gasteiger partial charge >= 0.3 is 0 Å². The summed E-state index contributed by atoms with van der Waals surface area (Å²) in [4.78, 5) is 10.4. The van der Waals surface area contributed by atoms with Crippen molar-refractivity contribution in [2.75, 3.05) is 0 Å². The van der Waals surface area contributed by atoms with E-state index in [0.717, 1.165) is 0 Å². The van der Waals surface area contributed by atoms with Gasteiger partial charge in [0.1, 0.15) is 0 Å². The molecule has 0 N–H and O–H groups in total. The van der Waals surface area contributed by atoms with Crippen LogP contribution in [0.15, 0.2) is 12.7 Å². The first-order valence-corrected chi connectivity index (χ1v) is 4.22. The molecule has 0 aliphatic carbocycles. The summed E-state index contributed by atoms with van der Waals surface area (Å²) < 4.78 is 39.7. The molecule has 1 amide bonds. The van der Waals surface area contributed by atoms with Crippen molar-refractivity contribution in [2.45, 2.75) is 0 Å². The minimum atomic E-state index is -3.11. The predicted octanol–water partition coefficient (Wildman–Crippen LogP) is -1.41. The molecule has 0 aromatic carbocycles. The van der Waals surface area contributed by atoms with Crippen molar-refractivity contribution in [1.29, 1.82) is 0 Å². The minimum absolute atomic E-state index is 0.368. The quantitative estimate of drug-likeness (QED) is 0.408. The van der Waals surface area contributed by atoms with Gasteiger partial charge < -0.3 is 9.11 Å². The van der Waals surface area contributed by atoms with Gasteiger partial charge in [0.15, 0.2) is 0 Å². The van der Waals surface area contributed by atoms with E-state index in [0.29, 0.717) is 6.08 Å². The smallest absolute Gasteiger partial charge is 0.268 e. The van der Waals surface area contributed by atoms with Crippen LogP contribution >= 0.6 is 0 Å². The fourth-order valence-electron chi connectivity index (χ4n) is 0.271. The van der Waals surface area contributed by atoms with Crippen LogP contribution in [0.5, 0.6) is 0 Å². The number of carbonyl (C=O) groups excluding carboxylic acids is 1. The fraction of sp³-hybridized carbons (Fsp3) is 0. The highest BCUT2D eigenvalue weighted by atomic mass is 32.3. The maximum atomic E-state index is 10.4. The third kappa shape index (κ3) is 2.89. The first kappa shape index (κ1) is 10.4. The lowest BCUT2D eigenvalue weighted by atomic mass is 10.6. The van der Waals surface area contributed by atoms with E-state index in [2.05, 4.69) is 6.58 Å². The molecular formula is C3H3NO5S2-2. The summed E-state index contributed by atoms with van der Waals surface area (Å²) >= 11 is -6.23. The summed E-state index contributed by atoms with van der Waals surface area (Å²) in [6, 6.07) is 0. The van der Waals surface area contributed by atoms with Gasteiger partial charge in [-0.2, -0.15) is 3.71 Å². The van der Waals surface area contributed by atoms with Crippen molar-refractivity contribution in [3.63, 3.8) is 0 Å². The molecule has 0 fully saturated rings. The largest absolute Gasteiger partial charge is 0.754 e. The Morgan fingerprint density at radius 3 is 1.82 bits per heavy atom. The zero-order chi connectivity index (χ0) is 9.02. The van der Waals surface area contributed by atoms with Crippen molar-refractivity contribution in [1.82, 2.24) is 3.71 Å². The van der Waals surface area contributed by atoms with Crippen molar-refractivity contribution >= 4 is 28.4 Å². The van der Waals surface area contributed by atoms with Crippen LogP contribution in [0.2, 0.25) is 0 Å². The van der Waals surface area contributed by atoms with Crippen LogP contribution in [0.4, 0.5) is 0 Å². The van der Waals surface area contributed by atoms with E-state index in [1.807, 2.05) is 0 Å². The molecule has 0 spiro atoms. The van der Waals surface area contributed by atoms with Crippen LogP contribution in [0.1, 0.15) is 0 Å². The van der Waals surface area contributed by atoms with Crippen LogP contribution in [-0.4, -0.2) is 27.1 Å². The van der Waals surface area contributed by atoms with Crippen molar-refractivity contribution in [2.24, 2.45) is 0 Å². The average molecular weight is 197 g/mol. The summed E-state index contributed by atoms with van der Waals surface area (Å²) in [5.41, 5.74) is 0. The van der Waals surface area contributed by atoms with Gasteiger partial charge in [-0.15, -0.1) is 0 Å². The second-order valence-electron chi connectivity index (χ2n) is 1.23. The lowest BCUT2D eigenvalue weighted by molar-refractivity contribution is -0.118. The number of hydrogen-bond donors (Lipinski definition) is 0. The normalized spacial score (nSPS) is 15.1. The molecule has 0 aliphatic rings. The number of amides is 1. The lowest BCUT2D eigenvalue weighted by Crippen LogP contribution is -2.32. The van der Waals surface area contributed by atoms with Gasteiger partial charge in [-0.3, -0.25) is 13.2 Å². The third-order valence-corrected chi connectivity index (χ3v) is 2.26. The molecule has 0 bridgehead atoms. The maximum absolute atomic E-state index is 10.4. The highest BCUT2D eigenvalue weighted by Gasteiger charge is 2.10. The van der Waals surface area contributed by atoms with Gasteiger partial charge in [0.2, 0.25) is 0 Å². The highest BCUT2D eigenvalue weighted by molar-refractivity contribution is 7.93. The van der Waals surface area contributed by atoms with E-state index in [1.165, 1.54) is 0 Å². The fourth-order valence-corrected chi connectivity index (χ4v) is 1.11. The van der Waals surface area contributed by atoms with Crippen LogP contribution in [0, 0.1) is 0 Å². The van der Waals surface area contributed by atoms with Crippen LogP contribution in [0.3, 0.4) is 0 Å². The van der Waals surface area contributed by atoms with Gasteiger partial charge in [0.25, 0.3) is 5.91 Å². The SMILES string of the molecule is C=CC(=O)N(S(=O)[O-])S(=O)[O-]. The summed E-state index contributed by atoms with van der Waals surface area (Å²) in [5.74, 6) is -1.22. The monoisotopic (exact) mass is 197 g/mol. The van der Waals surface area contributed by atoms with E-state index in [-0.39, 0.29) is 3.71 Å². The Morgan fingerprint density at radius 1 is 1.36 bits per heavy atom. The summed E-state index contributed by atoms with van der Waals surface area (Å²) in [5, 5.41) is 0. The molecule has 0 aliphatic heterocycles. The number of rotatable bonds is 3. The number of hydrogen-bond acceptors (Lipinski definition) is 5. The van der Waals surface area contributed by atoms with E-state index >= 15 is 0 Å². The molecule has 0 saturated heterocycles. The third-order valence-electron chi connectivity index (χ3n) is 0.625. The second-order valence-corrected chi connectivity index (χ2v) is 3.06. The summed E-state index contributed by atoms with van der Waals surface area (Å²) in [7, 11) is 0. The molecule has 0 heterocycles. The lowest BCUT2D eigenvalue weighted by Gasteiger charge is -2.23. The zero-order valence-corrected chi connectivity index (χ0v) is 6.72. The second kappa shape index (κ2) is 4.34. The van der Waals surface area contributed by atoms with Crippen LogP contribution in [-0.2, 0) is 27.3 Å². The molecule has 0 aromatic heterocycles. The highest BCUT2D eigenvalue weighted by Crippen LogP contribution is 1.96. The maximum Gasteiger partial charge on any atom is 0.268 e. The Balaban J connectivity index is 4.60. The molecule has 11 heavy (non-hydrogen) atoms. The van der Waals surface area contributed by atoms with Gasteiger partial charge in [0.05, 0.1) is 22.5 Å². The Hall–Kier alpha value is -0.570. The zero-order valence-electron chi connectivity index (χ0n) is 5.09. The average Bonchev–Trinajstić information content (AvgIpc) is 1.85. The van der Waals surface area contributed by atoms with E-state index < -0.39 is 28.4 Å². The molecular weight excluding hydrogens is 194 g/mol. The van der Waals surface area contributed by atoms with Gasteiger partial charge in [-0.05, 0) is 6.08 Å². The Morgan fingerprint density at radius 2 is 1.73 bits per heavy atom. The Bertz CT molecular complexity index is 212. The topological polar surface area (TPSA) is 101 Å². The van der Waals surface area contributed by atoms with Crippen molar-refractivity contribution < 1.29 is 22.3 Å². The van der Waals surface area contributed by atoms with Gasteiger partial charge in [-0.1, -0.05) is 6.58 Å². The van der Waals surface area contributed by atoms with E-state index in [1.54, 1.807) is 0 Å². The van der Waals surface area contributed by atoms with Crippen LogP contribution < -0.4 is 0 Å². The van der Waals surface area contributed by atoms with Gasteiger partial charge in [-0.25, -0.2) is 0 Å². The standard InChI is InChI=1S/C3H5NO5S2/c1-2-3(5)4(10(6)7)11(8)9/h2H,1H2,(H,6,7)(H,8,9)/p-2. The minimum Gasteiger partial charge on any atom is -0.754 e. The molecule has 0 rings (SSSR count). The molecule has 0 saturated carbocycles. The molecule has 8 heteroatoms. The molecule has 0 aromatic rings. The molecule has 2 unspecified atom stereocenters. The Kier molecular flexibility index (Phi) is 4.11. The predicted molar refractivity (Wildman–Crippen MR) is 34.9 cm³/mol. The van der Waals surface area contributed by atoms with E-state index in [4.69, 9.17) is 0 Å². The summed E-state index contributed by atoms with van der Waals surface area (Å²) in [6.07, 6.45) is 0.575. The molecule has 6 nitrogen and oxygen atoms in total. The first-order valence-electron chi connectivity index (χ1n) is 2.16. The van der Waals surface area contributed by atoms with E-state index in [9.17, 15) is 22.3 Å². The number of nitrogens with zero attached hydrogens (tertiary/aromatic N) is 1. The first-order chi connectivity index (χ1) is 5.00. The molecule has 0 radical (unpaired) electrons.